The first kappa shape index (κ1) is 25.7. The monoisotopic (exact) mass is 516 g/mol. The summed E-state index contributed by atoms with van der Waals surface area (Å²) in [6.45, 7) is 5.90. The molecular weight excluding hydrogens is 492 g/mol. The summed E-state index contributed by atoms with van der Waals surface area (Å²) in [5.41, 5.74) is 3.02. The summed E-state index contributed by atoms with van der Waals surface area (Å²) < 4.78 is 11.7. The van der Waals surface area contributed by atoms with Crippen molar-refractivity contribution in [2.45, 2.75) is 20.0 Å². The van der Waals surface area contributed by atoms with Gasteiger partial charge in [0.05, 0.1) is 12.8 Å². The van der Waals surface area contributed by atoms with Crippen molar-refractivity contribution in [3.63, 3.8) is 0 Å². The fourth-order valence-electron chi connectivity index (χ4n) is 3.99. The van der Waals surface area contributed by atoms with E-state index in [-0.39, 0.29) is 5.57 Å². The number of aryl methyl sites for hydroxylation is 1. The van der Waals surface area contributed by atoms with Crippen LogP contribution in [0.4, 0.5) is 10.5 Å². The Bertz CT molecular complexity index is 1420. The lowest BCUT2D eigenvalue weighted by molar-refractivity contribution is -0.122. The van der Waals surface area contributed by atoms with E-state index in [0.29, 0.717) is 46.4 Å². The van der Waals surface area contributed by atoms with Gasteiger partial charge in [0.1, 0.15) is 12.2 Å². The van der Waals surface area contributed by atoms with E-state index in [1.807, 2.05) is 30.3 Å². The second-order valence-electron chi connectivity index (χ2n) is 8.37. The fourth-order valence-corrected chi connectivity index (χ4v) is 4.15. The molecule has 8 heteroatoms. The molecule has 3 aromatic carbocycles. The molecule has 0 atom stereocenters. The third-order valence-electron chi connectivity index (χ3n) is 5.79. The maximum atomic E-state index is 13.4. The van der Waals surface area contributed by atoms with Crippen molar-refractivity contribution in [2.75, 3.05) is 12.0 Å². The van der Waals surface area contributed by atoms with E-state index >= 15 is 0 Å². The number of carbonyl (C=O) groups excluding carboxylic acids is 3. The van der Waals surface area contributed by atoms with Gasteiger partial charge in [-0.05, 0) is 60.4 Å². The van der Waals surface area contributed by atoms with Gasteiger partial charge in [-0.25, -0.2) is 9.69 Å². The van der Waals surface area contributed by atoms with E-state index in [1.54, 1.807) is 37.3 Å². The second-order valence-corrected chi connectivity index (χ2v) is 8.80. The van der Waals surface area contributed by atoms with Crippen molar-refractivity contribution < 1.29 is 23.9 Å². The molecule has 1 N–H and O–H groups in total. The van der Waals surface area contributed by atoms with E-state index in [1.165, 1.54) is 19.3 Å². The van der Waals surface area contributed by atoms with Crippen molar-refractivity contribution in [3.05, 3.63) is 106 Å². The lowest BCUT2D eigenvalue weighted by atomic mass is 10.0. The van der Waals surface area contributed by atoms with Crippen molar-refractivity contribution >= 4 is 41.2 Å². The van der Waals surface area contributed by atoms with Crippen LogP contribution in [0, 0.1) is 6.92 Å². The molecule has 3 aromatic rings. The van der Waals surface area contributed by atoms with Crippen molar-refractivity contribution in [1.29, 1.82) is 0 Å². The molecule has 0 bridgehead atoms. The molecule has 0 aliphatic carbocycles. The first-order valence-electron chi connectivity index (χ1n) is 11.5. The van der Waals surface area contributed by atoms with Gasteiger partial charge in [0.25, 0.3) is 11.8 Å². The summed E-state index contributed by atoms with van der Waals surface area (Å²) >= 11 is 6.10. The summed E-state index contributed by atoms with van der Waals surface area (Å²) in [6, 6.07) is 17.2. The number of rotatable bonds is 8. The average Bonchev–Trinajstić information content (AvgIpc) is 2.88. The molecule has 37 heavy (non-hydrogen) atoms. The summed E-state index contributed by atoms with van der Waals surface area (Å²) in [6.07, 6.45) is 3.61. The molecule has 1 aliphatic heterocycles. The molecule has 1 heterocycles. The largest absolute Gasteiger partial charge is 0.493 e. The third-order valence-corrected chi connectivity index (χ3v) is 6.02. The Labute approximate surface area is 219 Å². The van der Waals surface area contributed by atoms with Crippen molar-refractivity contribution in [1.82, 2.24) is 5.32 Å². The van der Waals surface area contributed by atoms with E-state index in [2.05, 4.69) is 11.9 Å². The molecule has 0 spiro atoms. The smallest absolute Gasteiger partial charge is 0.335 e. The van der Waals surface area contributed by atoms with Gasteiger partial charge < -0.3 is 9.47 Å². The SMILES string of the molecule is C=CCc1cc(/C=C2\C(=O)NC(=O)N(c3cc(Cl)ccc3C)C2=O)cc(OC)c1OCc1ccccc1. The van der Waals surface area contributed by atoms with Gasteiger partial charge in [-0.15, -0.1) is 6.58 Å². The number of carbonyl (C=O) groups is 3. The molecule has 0 radical (unpaired) electrons. The Balaban J connectivity index is 1.72. The molecule has 0 aromatic heterocycles. The molecule has 1 saturated heterocycles. The number of barbiturate groups is 1. The highest BCUT2D eigenvalue weighted by Gasteiger charge is 2.37. The van der Waals surface area contributed by atoms with Gasteiger partial charge in [0, 0.05) is 10.6 Å². The Kier molecular flexibility index (Phi) is 7.74. The number of hydrogen-bond donors (Lipinski definition) is 1. The highest BCUT2D eigenvalue weighted by atomic mass is 35.5. The number of halogens is 1. The minimum absolute atomic E-state index is 0.205. The number of methoxy groups -OCH3 is 1. The maximum absolute atomic E-state index is 13.4. The van der Waals surface area contributed by atoms with Gasteiger partial charge in [-0.1, -0.05) is 54.1 Å². The average molecular weight is 517 g/mol. The van der Waals surface area contributed by atoms with Crippen LogP contribution in [-0.2, 0) is 22.6 Å². The highest BCUT2D eigenvalue weighted by molar-refractivity contribution is 6.39. The van der Waals surface area contributed by atoms with Crippen LogP contribution in [0.15, 0.2) is 78.9 Å². The summed E-state index contributed by atoms with van der Waals surface area (Å²) in [5.74, 6) is -0.573. The summed E-state index contributed by atoms with van der Waals surface area (Å²) in [7, 11) is 1.51. The standard InChI is InChI=1S/C29H25ClN2O5/c1-4-8-21-13-20(15-25(36-3)26(21)37-17-19-9-6-5-7-10-19)14-23-27(33)31-29(35)32(28(23)34)24-16-22(30)12-11-18(24)2/h4-7,9-16H,1,8,17H2,2-3H3,(H,31,33,35)/b23-14+. The predicted molar refractivity (Wildman–Crippen MR) is 143 cm³/mol. The number of nitrogens with zero attached hydrogens (tertiary/aromatic N) is 1. The van der Waals surface area contributed by atoms with E-state index in [0.717, 1.165) is 16.0 Å². The Hall–Kier alpha value is -4.36. The van der Waals surface area contributed by atoms with Crippen LogP contribution in [-0.4, -0.2) is 25.0 Å². The first-order valence-corrected chi connectivity index (χ1v) is 11.9. The number of amides is 4. The van der Waals surface area contributed by atoms with Crippen LogP contribution in [0.5, 0.6) is 11.5 Å². The minimum atomic E-state index is -0.841. The number of anilines is 1. The lowest BCUT2D eigenvalue weighted by Gasteiger charge is -2.27. The number of allylic oxidation sites excluding steroid dienone is 1. The molecule has 4 amide bonds. The first-order chi connectivity index (χ1) is 17.8. The van der Waals surface area contributed by atoms with Gasteiger partial charge in [0.2, 0.25) is 0 Å². The lowest BCUT2D eigenvalue weighted by Crippen LogP contribution is -2.54. The van der Waals surface area contributed by atoms with Crippen LogP contribution in [0.25, 0.3) is 6.08 Å². The zero-order valence-electron chi connectivity index (χ0n) is 20.4. The summed E-state index contributed by atoms with van der Waals surface area (Å²) in [5, 5.41) is 2.59. The third kappa shape index (κ3) is 5.57. The summed E-state index contributed by atoms with van der Waals surface area (Å²) in [4.78, 5) is 39.6. The van der Waals surface area contributed by atoms with Crippen molar-refractivity contribution in [2.24, 2.45) is 0 Å². The number of nitrogens with one attached hydrogen (secondary N) is 1. The predicted octanol–water partition coefficient (Wildman–Crippen LogP) is 5.63. The van der Waals surface area contributed by atoms with Gasteiger partial charge in [-0.3, -0.25) is 14.9 Å². The van der Waals surface area contributed by atoms with Crippen LogP contribution < -0.4 is 19.7 Å². The van der Waals surface area contributed by atoms with E-state index in [9.17, 15) is 14.4 Å². The minimum Gasteiger partial charge on any atom is -0.493 e. The molecule has 188 valence electrons. The normalized spacial score (nSPS) is 14.5. The molecule has 4 rings (SSSR count). The highest BCUT2D eigenvalue weighted by Crippen LogP contribution is 2.35. The number of hydrogen-bond acceptors (Lipinski definition) is 5. The zero-order chi connectivity index (χ0) is 26.5. The van der Waals surface area contributed by atoms with Crippen LogP contribution in [0.1, 0.15) is 22.3 Å². The Morgan fingerprint density at radius 2 is 1.81 bits per heavy atom. The number of imide groups is 2. The van der Waals surface area contributed by atoms with Crippen LogP contribution in [0.2, 0.25) is 5.02 Å². The molecule has 0 saturated carbocycles. The Morgan fingerprint density at radius 1 is 1.05 bits per heavy atom. The van der Waals surface area contributed by atoms with E-state index < -0.39 is 17.8 Å². The van der Waals surface area contributed by atoms with E-state index in [4.69, 9.17) is 21.1 Å². The van der Waals surface area contributed by atoms with Crippen molar-refractivity contribution in [3.8, 4) is 11.5 Å². The number of urea groups is 1. The molecule has 1 fully saturated rings. The number of benzene rings is 3. The maximum Gasteiger partial charge on any atom is 0.335 e. The molecular formula is C29H25ClN2O5. The van der Waals surface area contributed by atoms with Gasteiger partial charge >= 0.3 is 6.03 Å². The number of ether oxygens (including phenoxy) is 2. The molecule has 7 nitrogen and oxygen atoms in total. The fraction of sp³-hybridized carbons (Fsp3) is 0.138. The quantitative estimate of drug-likeness (QED) is 0.238. The van der Waals surface area contributed by atoms with Crippen LogP contribution >= 0.6 is 11.6 Å². The second kappa shape index (κ2) is 11.1. The molecule has 0 unspecified atom stereocenters. The Morgan fingerprint density at radius 3 is 2.51 bits per heavy atom. The zero-order valence-corrected chi connectivity index (χ0v) is 21.2. The topological polar surface area (TPSA) is 84.9 Å². The van der Waals surface area contributed by atoms with Gasteiger partial charge in [0.15, 0.2) is 11.5 Å². The molecule has 1 aliphatic rings. The van der Waals surface area contributed by atoms with Crippen LogP contribution in [0.3, 0.4) is 0 Å². The van der Waals surface area contributed by atoms with Gasteiger partial charge in [-0.2, -0.15) is 0 Å².